The van der Waals surface area contributed by atoms with Gasteiger partial charge in [0, 0.05) is 30.7 Å². The van der Waals surface area contributed by atoms with E-state index in [0.29, 0.717) is 4.47 Å². The van der Waals surface area contributed by atoms with Crippen molar-refractivity contribution in [3.8, 4) is 0 Å². The number of carbonyl (C=O) groups excluding carboxylic acids is 1. The third-order valence-corrected chi connectivity index (χ3v) is 6.84. The Morgan fingerprint density at radius 1 is 1.08 bits per heavy atom. The monoisotopic (exact) mass is 460 g/mol. The summed E-state index contributed by atoms with van der Waals surface area (Å²) in [7, 11) is -3.65. The van der Waals surface area contributed by atoms with Crippen LogP contribution in [0.2, 0.25) is 5.02 Å². The van der Waals surface area contributed by atoms with E-state index in [9.17, 15) is 17.6 Å². The highest BCUT2D eigenvalue weighted by Crippen LogP contribution is 2.24. The number of nitrogens with zero attached hydrogens (tertiary/aromatic N) is 2. The first kappa shape index (κ1) is 19.3. The molecule has 0 unspecified atom stereocenters. The molecule has 0 aromatic heterocycles. The summed E-state index contributed by atoms with van der Waals surface area (Å²) in [5.74, 6) is -1.22. The molecule has 0 atom stereocenters. The van der Waals surface area contributed by atoms with E-state index in [1.54, 1.807) is 12.1 Å². The van der Waals surface area contributed by atoms with E-state index in [2.05, 4.69) is 15.9 Å². The molecular weight excluding hydrogens is 447 g/mol. The number of benzene rings is 2. The molecule has 1 amide bonds. The number of sulfonamides is 1. The van der Waals surface area contributed by atoms with Crippen molar-refractivity contribution < 1.29 is 17.6 Å². The number of piperazine rings is 1. The summed E-state index contributed by atoms with van der Waals surface area (Å²) in [5, 5.41) is 0.0409. The normalized spacial score (nSPS) is 15.9. The molecule has 2 aromatic carbocycles. The minimum atomic E-state index is -3.65. The maximum atomic E-state index is 13.9. The van der Waals surface area contributed by atoms with E-state index in [1.807, 2.05) is 0 Å². The van der Waals surface area contributed by atoms with Gasteiger partial charge in [-0.15, -0.1) is 0 Å². The topological polar surface area (TPSA) is 57.7 Å². The van der Waals surface area contributed by atoms with Crippen molar-refractivity contribution in [3.63, 3.8) is 0 Å². The maximum absolute atomic E-state index is 13.9. The largest absolute Gasteiger partial charge is 0.336 e. The van der Waals surface area contributed by atoms with Gasteiger partial charge >= 0.3 is 0 Å². The number of hydrogen-bond donors (Lipinski definition) is 0. The van der Waals surface area contributed by atoms with Crippen LogP contribution in [0.1, 0.15) is 10.4 Å². The molecule has 1 aliphatic heterocycles. The van der Waals surface area contributed by atoms with Gasteiger partial charge < -0.3 is 4.90 Å². The summed E-state index contributed by atoms with van der Waals surface area (Å²) in [6.45, 7) is 0.590. The molecule has 2 aromatic rings. The van der Waals surface area contributed by atoms with E-state index in [0.717, 1.165) is 0 Å². The van der Waals surface area contributed by atoms with Crippen molar-refractivity contribution in [2.24, 2.45) is 0 Å². The molecule has 0 aliphatic carbocycles. The number of amides is 1. The van der Waals surface area contributed by atoms with Crippen LogP contribution >= 0.6 is 27.5 Å². The van der Waals surface area contributed by atoms with Crippen LogP contribution in [0, 0.1) is 5.82 Å². The fourth-order valence-electron chi connectivity index (χ4n) is 2.77. The molecule has 1 aliphatic rings. The predicted octanol–water partition coefficient (Wildman–Crippen LogP) is 3.39. The van der Waals surface area contributed by atoms with Gasteiger partial charge in [-0.1, -0.05) is 39.7 Å². The average Bonchev–Trinajstić information content (AvgIpc) is 2.61. The lowest BCUT2D eigenvalue weighted by Gasteiger charge is -2.34. The second-order valence-corrected chi connectivity index (χ2v) is 9.01. The Morgan fingerprint density at radius 3 is 2.35 bits per heavy atom. The summed E-state index contributed by atoms with van der Waals surface area (Å²) < 4.78 is 41.4. The average molecular weight is 462 g/mol. The Morgan fingerprint density at radius 2 is 1.73 bits per heavy atom. The number of rotatable bonds is 3. The lowest BCUT2D eigenvalue weighted by molar-refractivity contribution is 0.0693. The fourth-order valence-corrected chi connectivity index (χ4v) is 5.03. The number of carbonyl (C=O) groups is 1. The summed E-state index contributed by atoms with van der Waals surface area (Å²) in [6, 6.07) is 10.5. The zero-order valence-electron chi connectivity index (χ0n) is 13.5. The third-order valence-electron chi connectivity index (χ3n) is 4.14. The van der Waals surface area contributed by atoms with Crippen molar-refractivity contribution in [1.82, 2.24) is 9.21 Å². The molecule has 0 radical (unpaired) electrons. The Labute approximate surface area is 164 Å². The molecule has 0 N–H and O–H groups in total. The first-order valence-electron chi connectivity index (χ1n) is 7.80. The molecule has 1 heterocycles. The Balaban J connectivity index is 1.74. The van der Waals surface area contributed by atoms with Gasteiger partial charge in [-0.25, -0.2) is 12.8 Å². The first-order chi connectivity index (χ1) is 12.3. The van der Waals surface area contributed by atoms with Crippen molar-refractivity contribution in [1.29, 1.82) is 0 Å². The van der Waals surface area contributed by atoms with Crippen LogP contribution in [0.4, 0.5) is 4.39 Å². The molecule has 0 spiro atoms. The lowest BCUT2D eigenvalue weighted by Crippen LogP contribution is -2.50. The smallest absolute Gasteiger partial charge is 0.258 e. The molecular formula is C17H15BrClFN2O3S. The van der Waals surface area contributed by atoms with Gasteiger partial charge in [-0.3, -0.25) is 4.79 Å². The summed E-state index contributed by atoms with van der Waals surface area (Å²) >= 11 is 9.20. The van der Waals surface area contributed by atoms with E-state index < -0.39 is 21.7 Å². The molecule has 1 fully saturated rings. The Kier molecular flexibility index (Phi) is 5.67. The fraction of sp³-hybridized carbons (Fsp3) is 0.235. The maximum Gasteiger partial charge on any atom is 0.258 e. The molecule has 26 heavy (non-hydrogen) atoms. The molecule has 1 saturated heterocycles. The van der Waals surface area contributed by atoms with E-state index in [4.69, 9.17) is 11.6 Å². The number of hydrogen-bond acceptors (Lipinski definition) is 3. The van der Waals surface area contributed by atoms with Crippen LogP contribution in [0.15, 0.2) is 51.8 Å². The molecule has 138 valence electrons. The molecule has 3 rings (SSSR count). The van der Waals surface area contributed by atoms with Gasteiger partial charge in [0.1, 0.15) is 5.82 Å². The minimum absolute atomic E-state index is 0.0409. The molecule has 9 heteroatoms. The van der Waals surface area contributed by atoms with Crippen molar-refractivity contribution in [3.05, 3.63) is 63.3 Å². The Hall–Kier alpha value is -1.48. The van der Waals surface area contributed by atoms with Crippen molar-refractivity contribution >= 4 is 43.5 Å². The van der Waals surface area contributed by atoms with Crippen LogP contribution in [-0.2, 0) is 10.0 Å². The first-order valence-corrected chi connectivity index (χ1v) is 10.4. The summed E-state index contributed by atoms with van der Waals surface area (Å²) in [6.07, 6.45) is 0. The summed E-state index contributed by atoms with van der Waals surface area (Å²) in [5.41, 5.74) is -0.183. The lowest BCUT2D eigenvalue weighted by atomic mass is 10.1. The van der Waals surface area contributed by atoms with Crippen molar-refractivity contribution in [2.45, 2.75) is 4.90 Å². The predicted molar refractivity (Wildman–Crippen MR) is 100 cm³/mol. The second-order valence-electron chi connectivity index (χ2n) is 5.75. The van der Waals surface area contributed by atoms with E-state index >= 15 is 0 Å². The van der Waals surface area contributed by atoms with E-state index in [1.165, 1.54) is 39.5 Å². The molecule has 0 saturated carbocycles. The van der Waals surface area contributed by atoms with Gasteiger partial charge in [0.05, 0.1) is 15.5 Å². The highest BCUT2D eigenvalue weighted by molar-refractivity contribution is 9.10. The van der Waals surface area contributed by atoms with Crippen LogP contribution < -0.4 is 0 Å². The number of halogens is 3. The Bertz CT molecular complexity index is 927. The van der Waals surface area contributed by atoms with Crippen LogP contribution in [0.25, 0.3) is 0 Å². The van der Waals surface area contributed by atoms with Gasteiger partial charge in [0.25, 0.3) is 5.91 Å². The standard InChI is InChI=1S/C17H15BrClFN2O3S/c18-12-3-1-4-13(11-12)26(24,25)22-9-7-21(8-10-22)17(23)16-14(19)5-2-6-15(16)20/h1-6,11H,7-10H2. The van der Waals surface area contributed by atoms with Crippen molar-refractivity contribution in [2.75, 3.05) is 26.2 Å². The molecule has 5 nitrogen and oxygen atoms in total. The zero-order valence-corrected chi connectivity index (χ0v) is 16.7. The van der Waals surface area contributed by atoms with Crippen LogP contribution in [-0.4, -0.2) is 49.7 Å². The highest BCUT2D eigenvalue weighted by Gasteiger charge is 2.31. The quantitative estimate of drug-likeness (QED) is 0.704. The van der Waals surface area contributed by atoms with Gasteiger partial charge in [0.15, 0.2) is 0 Å². The third kappa shape index (κ3) is 3.78. The molecule has 0 bridgehead atoms. The zero-order chi connectivity index (χ0) is 18.9. The van der Waals surface area contributed by atoms with Crippen LogP contribution in [0.3, 0.4) is 0 Å². The van der Waals surface area contributed by atoms with Gasteiger partial charge in [-0.2, -0.15) is 4.31 Å². The second kappa shape index (κ2) is 7.64. The van der Waals surface area contributed by atoms with Crippen LogP contribution in [0.5, 0.6) is 0 Å². The summed E-state index contributed by atoms with van der Waals surface area (Å²) in [4.78, 5) is 14.1. The minimum Gasteiger partial charge on any atom is -0.336 e. The van der Waals surface area contributed by atoms with E-state index in [-0.39, 0.29) is 41.7 Å². The van der Waals surface area contributed by atoms with Gasteiger partial charge in [-0.05, 0) is 30.3 Å². The van der Waals surface area contributed by atoms with Gasteiger partial charge in [0.2, 0.25) is 10.0 Å². The SMILES string of the molecule is O=C(c1c(F)cccc1Cl)N1CCN(S(=O)(=O)c2cccc(Br)c2)CC1. The highest BCUT2D eigenvalue weighted by atomic mass is 79.9.